The maximum atomic E-state index is 14.7. The van der Waals surface area contributed by atoms with E-state index in [0.717, 1.165) is 41.1 Å². The van der Waals surface area contributed by atoms with Crippen LogP contribution in [0.4, 0.5) is 5.69 Å². The average molecular weight is 727 g/mol. The van der Waals surface area contributed by atoms with Crippen LogP contribution < -0.4 is 9.62 Å². The number of rotatable bonds is 12. The summed E-state index contributed by atoms with van der Waals surface area (Å²) in [5.74, 6) is -0.871. The largest absolute Gasteiger partial charge is 0.352 e. The molecule has 11 heteroatoms. The second-order valence-electron chi connectivity index (χ2n) is 12.2. The summed E-state index contributed by atoms with van der Waals surface area (Å²) >= 11 is 19.0. The number of carbonyl (C=O) groups excluding carboxylic acids is 2. The molecule has 1 N–H and O–H groups in total. The molecule has 0 aromatic heterocycles. The first-order chi connectivity index (χ1) is 22.9. The zero-order valence-corrected chi connectivity index (χ0v) is 29.9. The molecule has 2 amide bonds. The third-order valence-electron chi connectivity index (χ3n) is 8.64. The molecule has 1 saturated carbocycles. The van der Waals surface area contributed by atoms with Crippen LogP contribution in [0.5, 0.6) is 0 Å². The van der Waals surface area contributed by atoms with Crippen molar-refractivity contribution >= 4 is 62.3 Å². The number of hydrogen-bond acceptors (Lipinski definition) is 4. The zero-order valence-electron chi connectivity index (χ0n) is 26.8. The molecule has 0 heterocycles. The van der Waals surface area contributed by atoms with Crippen LogP contribution in [-0.4, -0.2) is 43.8 Å². The van der Waals surface area contributed by atoms with E-state index in [2.05, 4.69) is 5.32 Å². The number of sulfonamides is 1. The van der Waals surface area contributed by atoms with Crippen molar-refractivity contribution in [3.63, 3.8) is 0 Å². The van der Waals surface area contributed by atoms with Gasteiger partial charge in [0.25, 0.3) is 10.0 Å². The maximum absolute atomic E-state index is 14.7. The molecule has 48 heavy (non-hydrogen) atoms. The number of nitrogens with one attached hydrogen (secondary N) is 1. The van der Waals surface area contributed by atoms with Gasteiger partial charge in [-0.1, -0.05) is 108 Å². The molecule has 0 radical (unpaired) electrons. The molecule has 1 aliphatic rings. The van der Waals surface area contributed by atoms with Crippen molar-refractivity contribution in [3.8, 4) is 0 Å². The Morgan fingerprint density at radius 2 is 1.52 bits per heavy atom. The molecule has 0 saturated heterocycles. The molecule has 5 rings (SSSR count). The van der Waals surface area contributed by atoms with Crippen molar-refractivity contribution < 1.29 is 18.0 Å². The van der Waals surface area contributed by atoms with Gasteiger partial charge in [-0.2, -0.15) is 0 Å². The molecule has 4 aromatic rings. The first kappa shape index (κ1) is 35.7. The van der Waals surface area contributed by atoms with Crippen molar-refractivity contribution in [1.82, 2.24) is 10.2 Å². The highest BCUT2D eigenvalue weighted by molar-refractivity contribution is 7.92. The summed E-state index contributed by atoms with van der Waals surface area (Å²) in [6.45, 7) is 3.02. The number of aryl methyl sites for hydroxylation is 2. The molecule has 0 aliphatic heterocycles. The Hall–Kier alpha value is -3.56. The Kier molecular flexibility index (Phi) is 11.7. The molecule has 0 bridgehead atoms. The van der Waals surface area contributed by atoms with Crippen LogP contribution in [0.15, 0.2) is 95.9 Å². The number of amides is 2. The minimum absolute atomic E-state index is 0.00484. The van der Waals surface area contributed by atoms with E-state index >= 15 is 0 Å². The second kappa shape index (κ2) is 15.8. The van der Waals surface area contributed by atoms with Gasteiger partial charge in [0.05, 0.1) is 20.6 Å². The highest BCUT2D eigenvalue weighted by Crippen LogP contribution is 2.31. The highest BCUT2D eigenvalue weighted by Gasteiger charge is 2.36. The molecule has 0 unspecified atom stereocenters. The van der Waals surface area contributed by atoms with Gasteiger partial charge < -0.3 is 10.2 Å². The SMILES string of the molecule is Cc1ccc(S(=O)(=O)N(CC(=O)N(Cc2ccc(Cl)c(Cl)c2)[C@H](Cc2ccccc2)C(=O)NC2CCCC2)c2cc(Cl)ccc2C)cc1. The first-order valence-corrected chi connectivity index (χ1v) is 18.4. The minimum Gasteiger partial charge on any atom is -0.352 e. The fourth-order valence-corrected chi connectivity index (χ4v) is 7.92. The summed E-state index contributed by atoms with van der Waals surface area (Å²) in [4.78, 5) is 30.4. The van der Waals surface area contributed by atoms with Gasteiger partial charge in [0.15, 0.2) is 0 Å². The zero-order chi connectivity index (χ0) is 34.4. The van der Waals surface area contributed by atoms with Crippen LogP contribution in [0.25, 0.3) is 0 Å². The normalized spacial score (nSPS) is 14.0. The Balaban J connectivity index is 1.60. The van der Waals surface area contributed by atoms with Gasteiger partial charge in [0, 0.05) is 24.0 Å². The van der Waals surface area contributed by atoms with E-state index in [4.69, 9.17) is 34.8 Å². The Morgan fingerprint density at radius 1 is 0.833 bits per heavy atom. The lowest BCUT2D eigenvalue weighted by molar-refractivity contribution is -0.140. The number of anilines is 1. The third kappa shape index (κ3) is 8.72. The Labute approximate surface area is 297 Å². The summed E-state index contributed by atoms with van der Waals surface area (Å²) in [6, 6.07) is 24.9. The summed E-state index contributed by atoms with van der Waals surface area (Å²) in [6.07, 6.45) is 3.98. The van der Waals surface area contributed by atoms with Crippen molar-refractivity contribution in [2.75, 3.05) is 10.8 Å². The molecule has 4 aromatic carbocycles. The van der Waals surface area contributed by atoms with Gasteiger partial charge in [0.2, 0.25) is 11.8 Å². The van der Waals surface area contributed by atoms with E-state index in [1.54, 1.807) is 49.4 Å². The van der Waals surface area contributed by atoms with Gasteiger partial charge in [-0.15, -0.1) is 0 Å². The summed E-state index contributed by atoms with van der Waals surface area (Å²) in [7, 11) is -4.26. The summed E-state index contributed by atoms with van der Waals surface area (Å²) in [5.41, 5.74) is 3.25. The van der Waals surface area contributed by atoms with E-state index in [9.17, 15) is 18.0 Å². The predicted octanol–water partition coefficient (Wildman–Crippen LogP) is 8.16. The van der Waals surface area contributed by atoms with E-state index in [-0.39, 0.29) is 35.5 Å². The van der Waals surface area contributed by atoms with Gasteiger partial charge in [-0.25, -0.2) is 8.42 Å². The standard InChI is InChI=1S/C37H38Cl3N3O4S/c1-25-12-17-31(18-13-25)48(46,47)43(34-22-29(38)16-14-26(34)2)24-36(44)42(23-28-15-19-32(39)33(40)20-28)35(21-27-8-4-3-5-9-27)37(45)41-30-10-6-7-11-30/h3-5,8-9,12-20,22,30,35H,6-7,10-11,21,23-24H2,1-2H3,(H,41,45)/t35-/m1/s1. The monoisotopic (exact) mass is 725 g/mol. The molecular formula is C37H38Cl3N3O4S. The van der Waals surface area contributed by atoms with Crippen molar-refractivity contribution in [2.24, 2.45) is 0 Å². The smallest absolute Gasteiger partial charge is 0.264 e. The molecular weight excluding hydrogens is 689 g/mol. The fraction of sp³-hybridized carbons (Fsp3) is 0.297. The van der Waals surface area contributed by atoms with Crippen LogP contribution in [0, 0.1) is 13.8 Å². The van der Waals surface area contributed by atoms with Crippen molar-refractivity contribution in [1.29, 1.82) is 0 Å². The van der Waals surface area contributed by atoms with Crippen LogP contribution in [-0.2, 0) is 32.6 Å². The Bertz CT molecular complexity index is 1860. The van der Waals surface area contributed by atoms with E-state index < -0.39 is 28.5 Å². The quantitative estimate of drug-likeness (QED) is 0.160. The van der Waals surface area contributed by atoms with Gasteiger partial charge in [-0.3, -0.25) is 13.9 Å². The topological polar surface area (TPSA) is 86.8 Å². The Morgan fingerprint density at radius 3 is 2.19 bits per heavy atom. The number of hydrogen-bond donors (Lipinski definition) is 1. The van der Waals surface area contributed by atoms with E-state index in [1.165, 1.54) is 23.1 Å². The van der Waals surface area contributed by atoms with Crippen LogP contribution in [0.1, 0.15) is 47.9 Å². The molecule has 7 nitrogen and oxygen atoms in total. The summed E-state index contributed by atoms with van der Waals surface area (Å²) in [5, 5.41) is 4.14. The lowest BCUT2D eigenvalue weighted by Crippen LogP contribution is -2.54. The average Bonchev–Trinajstić information content (AvgIpc) is 3.58. The van der Waals surface area contributed by atoms with Crippen LogP contribution in [0.2, 0.25) is 15.1 Å². The lowest BCUT2D eigenvalue weighted by atomic mass is 10.0. The number of carbonyl (C=O) groups is 2. The number of nitrogens with zero attached hydrogens (tertiary/aromatic N) is 2. The fourth-order valence-electron chi connectivity index (χ4n) is 5.96. The molecule has 1 atom stereocenters. The first-order valence-electron chi connectivity index (χ1n) is 15.9. The van der Waals surface area contributed by atoms with Gasteiger partial charge in [-0.05, 0) is 79.8 Å². The summed E-state index contributed by atoms with van der Waals surface area (Å²) < 4.78 is 29.7. The van der Waals surface area contributed by atoms with E-state index in [1.807, 2.05) is 37.3 Å². The molecule has 252 valence electrons. The number of halogens is 3. The number of benzene rings is 4. The molecule has 1 aliphatic carbocycles. The van der Waals surface area contributed by atoms with Gasteiger partial charge in [0.1, 0.15) is 12.6 Å². The van der Waals surface area contributed by atoms with Crippen molar-refractivity contribution in [2.45, 2.75) is 69.5 Å². The van der Waals surface area contributed by atoms with E-state index in [0.29, 0.717) is 26.2 Å². The molecule has 1 fully saturated rings. The third-order valence-corrected chi connectivity index (χ3v) is 11.4. The molecule has 0 spiro atoms. The highest BCUT2D eigenvalue weighted by atomic mass is 35.5. The predicted molar refractivity (Wildman–Crippen MR) is 193 cm³/mol. The minimum atomic E-state index is -4.26. The second-order valence-corrected chi connectivity index (χ2v) is 15.3. The van der Waals surface area contributed by atoms with Gasteiger partial charge >= 0.3 is 0 Å². The van der Waals surface area contributed by atoms with Crippen molar-refractivity contribution in [3.05, 3.63) is 128 Å². The lowest BCUT2D eigenvalue weighted by Gasteiger charge is -2.34. The maximum Gasteiger partial charge on any atom is 0.264 e. The van der Waals surface area contributed by atoms with Crippen LogP contribution >= 0.6 is 34.8 Å². The van der Waals surface area contributed by atoms with Crippen LogP contribution in [0.3, 0.4) is 0 Å².